The maximum atomic E-state index is 3.33. The zero-order valence-corrected chi connectivity index (χ0v) is 8.59. The molecule has 2 aliphatic rings. The highest BCUT2D eigenvalue weighted by Gasteiger charge is 2.29. The first kappa shape index (κ1) is 8.45. The van der Waals surface area contributed by atoms with Crippen LogP contribution < -0.4 is 5.32 Å². The molecular weight excluding hydrogens is 172 g/mol. The number of fused-ring (bicyclic) bond motifs is 1. The molecule has 2 aliphatic heterocycles. The Hall–Kier alpha value is -0.860. The third-order valence-electron chi connectivity index (χ3n) is 3.38. The van der Waals surface area contributed by atoms with Crippen LogP contribution in [0.25, 0.3) is 0 Å². The number of hydrogen-bond acceptors (Lipinski definition) is 2. The maximum Gasteiger partial charge on any atom is 0.0352 e. The SMILES string of the molecule is Cc1ccc2c(c1)CN(C1CNC1)C2. The summed E-state index contributed by atoms with van der Waals surface area (Å²) in [7, 11) is 0. The normalized spacial score (nSPS) is 22.1. The van der Waals surface area contributed by atoms with Crippen LogP contribution in [0, 0.1) is 6.92 Å². The molecule has 0 unspecified atom stereocenters. The Kier molecular flexibility index (Phi) is 1.85. The van der Waals surface area contributed by atoms with Gasteiger partial charge in [-0.1, -0.05) is 23.8 Å². The first-order valence-corrected chi connectivity index (χ1v) is 5.36. The molecular formula is C12H16N2. The molecule has 1 fully saturated rings. The summed E-state index contributed by atoms with van der Waals surface area (Å²) in [5, 5.41) is 3.33. The van der Waals surface area contributed by atoms with Crippen molar-refractivity contribution >= 4 is 0 Å². The Morgan fingerprint density at radius 3 is 2.71 bits per heavy atom. The topological polar surface area (TPSA) is 15.3 Å². The molecule has 0 radical (unpaired) electrons. The Morgan fingerprint density at radius 2 is 2.00 bits per heavy atom. The van der Waals surface area contributed by atoms with E-state index in [-0.39, 0.29) is 0 Å². The summed E-state index contributed by atoms with van der Waals surface area (Å²) in [6.07, 6.45) is 0. The zero-order chi connectivity index (χ0) is 9.54. The average molecular weight is 188 g/mol. The largest absolute Gasteiger partial charge is 0.314 e. The van der Waals surface area contributed by atoms with Crippen molar-refractivity contribution in [2.45, 2.75) is 26.1 Å². The molecule has 2 heteroatoms. The number of rotatable bonds is 1. The van der Waals surface area contributed by atoms with Gasteiger partial charge in [-0.25, -0.2) is 0 Å². The summed E-state index contributed by atoms with van der Waals surface area (Å²) < 4.78 is 0. The predicted octanol–water partition coefficient (Wildman–Crippen LogP) is 1.28. The Bertz CT molecular complexity index is 355. The summed E-state index contributed by atoms with van der Waals surface area (Å²) in [5.41, 5.74) is 4.46. The average Bonchev–Trinajstić information content (AvgIpc) is 2.43. The van der Waals surface area contributed by atoms with Gasteiger partial charge < -0.3 is 5.32 Å². The number of aryl methyl sites for hydroxylation is 1. The first-order chi connectivity index (χ1) is 6.83. The van der Waals surface area contributed by atoms with Crippen molar-refractivity contribution < 1.29 is 0 Å². The lowest BCUT2D eigenvalue weighted by Gasteiger charge is -2.35. The van der Waals surface area contributed by atoms with E-state index >= 15 is 0 Å². The van der Waals surface area contributed by atoms with E-state index in [9.17, 15) is 0 Å². The van der Waals surface area contributed by atoms with E-state index in [0.717, 1.165) is 19.1 Å². The molecule has 1 aromatic carbocycles. The molecule has 0 saturated carbocycles. The minimum absolute atomic E-state index is 0.780. The lowest BCUT2D eigenvalue weighted by atomic mass is 10.1. The summed E-state index contributed by atoms with van der Waals surface area (Å²) in [5.74, 6) is 0. The lowest BCUT2D eigenvalue weighted by molar-refractivity contribution is 0.145. The van der Waals surface area contributed by atoms with Gasteiger partial charge in [0.25, 0.3) is 0 Å². The monoisotopic (exact) mass is 188 g/mol. The van der Waals surface area contributed by atoms with Crippen molar-refractivity contribution in [1.29, 1.82) is 0 Å². The zero-order valence-electron chi connectivity index (χ0n) is 8.59. The van der Waals surface area contributed by atoms with Gasteiger partial charge in [-0.05, 0) is 18.1 Å². The van der Waals surface area contributed by atoms with Gasteiger partial charge >= 0.3 is 0 Å². The van der Waals surface area contributed by atoms with E-state index in [2.05, 4.69) is 35.3 Å². The standard InChI is InChI=1S/C12H16N2/c1-9-2-3-10-7-14(8-11(10)4-9)12-5-13-6-12/h2-4,12-13H,5-8H2,1H3. The van der Waals surface area contributed by atoms with Crippen molar-refractivity contribution in [3.8, 4) is 0 Å². The first-order valence-electron chi connectivity index (χ1n) is 5.36. The van der Waals surface area contributed by atoms with Gasteiger partial charge in [0.05, 0.1) is 0 Å². The van der Waals surface area contributed by atoms with Crippen molar-refractivity contribution in [1.82, 2.24) is 10.2 Å². The Balaban J connectivity index is 1.82. The number of nitrogens with zero attached hydrogens (tertiary/aromatic N) is 1. The summed E-state index contributed by atoms with van der Waals surface area (Å²) in [6.45, 7) is 6.83. The Morgan fingerprint density at radius 1 is 1.21 bits per heavy atom. The highest BCUT2D eigenvalue weighted by molar-refractivity contribution is 5.34. The van der Waals surface area contributed by atoms with E-state index in [0.29, 0.717) is 0 Å². The maximum absolute atomic E-state index is 3.33. The lowest BCUT2D eigenvalue weighted by Crippen LogP contribution is -2.55. The van der Waals surface area contributed by atoms with E-state index in [4.69, 9.17) is 0 Å². The van der Waals surface area contributed by atoms with Gasteiger partial charge in [0.1, 0.15) is 0 Å². The van der Waals surface area contributed by atoms with Crippen LogP contribution in [0.3, 0.4) is 0 Å². The van der Waals surface area contributed by atoms with E-state index < -0.39 is 0 Å². The minimum atomic E-state index is 0.780. The van der Waals surface area contributed by atoms with Crippen LogP contribution in [0.15, 0.2) is 18.2 Å². The molecule has 0 amide bonds. The second-order valence-electron chi connectivity index (χ2n) is 4.49. The summed E-state index contributed by atoms with van der Waals surface area (Å²) >= 11 is 0. The van der Waals surface area contributed by atoms with Crippen LogP contribution in [0.5, 0.6) is 0 Å². The van der Waals surface area contributed by atoms with Gasteiger partial charge in [0, 0.05) is 32.2 Å². The molecule has 2 nitrogen and oxygen atoms in total. The van der Waals surface area contributed by atoms with Crippen molar-refractivity contribution in [2.75, 3.05) is 13.1 Å². The molecule has 14 heavy (non-hydrogen) atoms. The molecule has 1 N–H and O–H groups in total. The highest BCUT2D eigenvalue weighted by Crippen LogP contribution is 2.26. The molecule has 1 saturated heterocycles. The van der Waals surface area contributed by atoms with Gasteiger partial charge in [-0.15, -0.1) is 0 Å². The molecule has 0 aliphatic carbocycles. The molecule has 0 spiro atoms. The van der Waals surface area contributed by atoms with Crippen LogP contribution in [-0.4, -0.2) is 24.0 Å². The van der Waals surface area contributed by atoms with E-state index in [1.807, 2.05) is 0 Å². The second-order valence-corrected chi connectivity index (χ2v) is 4.49. The predicted molar refractivity (Wildman–Crippen MR) is 57.1 cm³/mol. The molecule has 3 rings (SSSR count). The van der Waals surface area contributed by atoms with Crippen LogP contribution in [0.4, 0.5) is 0 Å². The minimum Gasteiger partial charge on any atom is -0.314 e. The third kappa shape index (κ3) is 1.26. The molecule has 1 aromatic rings. The fraction of sp³-hybridized carbons (Fsp3) is 0.500. The van der Waals surface area contributed by atoms with Gasteiger partial charge in [0.2, 0.25) is 0 Å². The second kappa shape index (κ2) is 3.07. The van der Waals surface area contributed by atoms with Crippen LogP contribution in [0.2, 0.25) is 0 Å². The fourth-order valence-electron chi connectivity index (χ4n) is 2.34. The molecule has 0 aromatic heterocycles. The summed E-state index contributed by atoms with van der Waals surface area (Å²) in [6, 6.07) is 7.63. The van der Waals surface area contributed by atoms with E-state index in [1.54, 1.807) is 0 Å². The van der Waals surface area contributed by atoms with Gasteiger partial charge in [-0.3, -0.25) is 4.90 Å². The summed E-state index contributed by atoms with van der Waals surface area (Å²) in [4.78, 5) is 2.58. The number of benzene rings is 1. The molecule has 2 heterocycles. The van der Waals surface area contributed by atoms with E-state index in [1.165, 1.54) is 29.8 Å². The molecule has 74 valence electrons. The van der Waals surface area contributed by atoms with Crippen molar-refractivity contribution in [3.05, 3.63) is 34.9 Å². The quantitative estimate of drug-likeness (QED) is 0.714. The van der Waals surface area contributed by atoms with Crippen LogP contribution in [-0.2, 0) is 13.1 Å². The van der Waals surface area contributed by atoms with Crippen molar-refractivity contribution in [3.63, 3.8) is 0 Å². The number of nitrogens with one attached hydrogen (secondary N) is 1. The molecule has 0 bridgehead atoms. The molecule has 0 atom stereocenters. The smallest absolute Gasteiger partial charge is 0.0352 e. The van der Waals surface area contributed by atoms with Gasteiger partial charge in [-0.2, -0.15) is 0 Å². The van der Waals surface area contributed by atoms with Crippen LogP contribution in [0.1, 0.15) is 16.7 Å². The third-order valence-corrected chi connectivity index (χ3v) is 3.38. The van der Waals surface area contributed by atoms with Crippen LogP contribution >= 0.6 is 0 Å². The Labute approximate surface area is 84.9 Å². The highest BCUT2D eigenvalue weighted by atomic mass is 15.2. The van der Waals surface area contributed by atoms with Gasteiger partial charge in [0.15, 0.2) is 0 Å². The fourth-order valence-corrected chi connectivity index (χ4v) is 2.34. The van der Waals surface area contributed by atoms with Crippen molar-refractivity contribution in [2.24, 2.45) is 0 Å². The number of hydrogen-bond donors (Lipinski definition) is 1.